The van der Waals surface area contributed by atoms with Gasteiger partial charge in [-0.2, -0.15) is 0 Å². The van der Waals surface area contributed by atoms with Gasteiger partial charge in [-0.25, -0.2) is 17.9 Å². The first-order chi connectivity index (χ1) is 11.8. The molecule has 2 N–H and O–H groups in total. The molecule has 1 fully saturated rings. The summed E-state index contributed by atoms with van der Waals surface area (Å²) in [4.78, 5) is 13.4. The van der Waals surface area contributed by atoms with Crippen molar-refractivity contribution in [3.8, 4) is 0 Å². The van der Waals surface area contributed by atoms with Crippen molar-refractivity contribution in [1.82, 2.24) is 9.62 Å². The van der Waals surface area contributed by atoms with Gasteiger partial charge in [0.05, 0.1) is 10.5 Å². The standard InChI is InChI=1S/C18H28N2O4S/c1-14-11-15(2)13-20(12-14)10-4-3-9-19-25(23,24)17-7-5-16(6-8-17)18(21)22/h5-8,14-15,19H,3-4,9-13H2,1-2H3,(H,21,22). The van der Waals surface area contributed by atoms with Crippen molar-refractivity contribution >= 4 is 16.0 Å². The highest BCUT2D eigenvalue weighted by molar-refractivity contribution is 7.89. The average molecular weight is 368 g/mol. The van der Waals surface area contributed by atoms with E-state index in [2.05, 4.69) is 23.5 Å². The van der Waals surface area contributed by atoms with Crippen molar-refractivity contribution in [3.63, 3.8) is 0 Å². The number of hydrogen-bond donors (Lipinski definition) is 2. The molecule has 2 atom stereocenters. The quantitative estimate of drug-likeness (QED) is 0.688. The van der Waals surface area contributed by atoms with Gasteiger partial charge in [-0.05, 0) is 61.9 Å². The molecular weight excluding hydrogens is 340 g/mol. The fraction of sp³-hybridized carbons (Fsp3) is 0.611. The fourth-order valence-electron chi connectivity index (χ4n) is 3.50. The van der Waals surface area contributed by atoms with Crippen LogP contribution in [0.25, 0.3) is 0 Å². The molecule has 1 saturated heterocycles. The number of likely N-dealkylation sites (tertiary alicyclic amines) is 1. The number of hydrogen-bond acceptors (Lipinski definition) is 4. The predicted octanol–water partition coefficient (Wildman–Crippen LogP) is 2.42. The summed E-state index contributed by atoms with van der Waals surface area (Å²) in [6.45, 7) is 8.22. The van der Waals surface area contributed by atoms with Gasteiger partial charge in [0.1, 0.15) is 0 Å². The number of carboxylic acid groups (broad SMARTS) is 1. The van der Waals surface area contributed by atoms with Crippen LogP contribution in [0.3, 0.4) is 0 Å². The molecule has 2 rings (SSSR count). The molecule has 25 heavy (non-hydrogen) atoms. The Balaban J connectivity index is 1.74. The average Bonchev–Trinajstić information content (AvgIpc) is 2.53. The molecule has 1 aliphatic rings. The van der Waals surface area contributed by atoms with E-state index in [-0.39, 0.29) is 10.5 Å². The molecule has 0 saturated carbocycles. The summed E-state index contributed by atoms with van der Waals surface area (Å²) in [5.74, 6) is 0.394. The lowest BCUT2D eigenvalue weighted by molar-refractivity contribution is 0.0696. The summed E-state index contributed by atoms with van der Waals surface area (Å²) in [6.07, 6.45) is 3.03. The highest BCUT2D eigenvalue weighted by atomic mass is 32.2. The van der Waals surface area contributed by atoms with Crippen LogP contribution in [0.2, 0.25) is 0 Å². The Morgan fingerprint density at radius 1 is 1.16 bits per heavy atom. The number of nitrogens with zero attached hydrogens (tertiary/aromatic N) is 1. The number of unbranched alkanes of at least 4 members (excludes halogenated alkanes) is 1. The van der Waals surface area contributed by atoms with E-state index in [0.29, 0.717) is 6.54 Å². The Bertz CT molecular complexity index is 663. The minimum atomic E-state index is -3.58. The molecule has 1 aliphatic heterocycles. The lowest BCUT2D eigenvalue weighted by Gasteiger charge is -2.34. The third kappa shape index (κ3) is 6.09. The van der Waals surface area contributed by atoms with Gasteiger partial charge in [0.15, 0.2) is 0 Å². The van der Waals surface area contributed by atoms with E-state index in [1.807, 2.05) is 0 Å². The van der Waals surface area contributed by atoms with Crippen LogP contribution in [0.15, 0.2) is 29.2 Å². The van der Waals surface area contributed by atoms with Crippen LogP contribution in [0.1, 0.15) is 43.5 Å². The van der Waals surface area contributed by atoms with Gasteiger partial charge in [-0.1, -0.05) is 13.8 Å². The molecule has 140 valence electrons. The van der Waals surface area contributed by atoms with Crippen molar-refractivity contribution in [3.05, 3.63) is 29.8 Å². The Morgan fingerprint density at radius 2 is 1.76 bits per heavy atom. The predicted molar refractivity (Wildman–Crippen MR) is 97.2 cm³/mol. The fourth-order valence-corrected chi connectivity index (χ4v) is 4.58. The Hall–Kier alpha value is -1.44. The molecule has 1 aromatic carbocycles. The molecule has 1 heterocycles. The topological polar surface area (TPSA) is 86.7 Å². The molecule has 0 aliphatic carbocycles. The van der Waals surface area contributed by atoms with Gasteiger partial charge < -0.3 is 10.0 Å². The second-order valence-corrected chi connectivity index (χ2v) is 8.91. The molecule has 0 radical (unpaired) electrons. The van der Waals surface area contributed by atoms with Gasteiger partial charge >= 0.3 is 5.97 Å². The van der Waals surface area contributed by atoms with E-state index in [0.717, 1.165) is 44.3 Å². The molecule has 0 aromatic heterocycles. The van der Waals surface area contributed by atoms with Gasteiger partial charge in [0.25, 0.3) is 0 Å². The van der Waals surface area contributed by atoms with Crippen molar-refractivity contribution in [2.45, 2.75) is 38.0 Å². The van der Waals surface area contributed by atoms with Crippen LogP contribution in [-0.4, -0.2) is 50.6 Å². The zero-order valence-corrected chi connectivity index (χ0v) is 15.8. The lowest BCUT2D eigenvalue weighted by atomic mass is 9.92. The van der Waals surface area contributed by atoms with Crippen LogP contribution < -0.4 is 4.72 Å². The maximum Gasteiger partial charge on any atom is 0.335 e. The summed E-state index contributed by atoms with van der Waals surface area (Å²) in [7, 11) is -3.58. The highest BCUT2D eigenvalue weighted by Crippen LogP contribution is 2.21. The number of carbonyl (C=O) groups is 1. The van der Waals surface area contributed by atoms with Crippen LogP contribution >= 0.6 is 0 Å². The van der Waals surface area contributed by atoms with Crippen molar-refractivity contribution < 1.29 is 18.3 Å². The van der Waals surface area contributed by atoms with E-state index in [4.69, 9.17) is 5.11 Å². The largest absolute Gasteiger partial charge is 0.478 e. The van der Waals surface area contributed by atoms with Gasteiger partial charge in [0.2, 0.25) is 10.0 Å². The highest BCUT2D eigenvalue weighted by Gasteiger charge is 2.21. The van der Waals surface area contributed by atoms with Gasteiger partial charge in [0, 0.05) is 19.6 Å². The third-order valence-corrected chi connectivity index (χ3v) is 6.03. The smallest absolute Gasteiger partial charge is 0.335 e. The molecule has 0 bridgehead atoms. The first-order valence-corrected chi connectivity index (χ1v) is 10.3. The van der Waals surface area contributed by atoms with E-state index in [1.165, 1.54) is 30.7 Å². The first kappa shape index (κ1) is 19.9. The zero-order valence-electron chi connectivity index (χ0n) is 14.9. The van der Waals surface area contributed by atoms with E-state index >= 15 is 0 Å². The number of rotatable bonds is 8. The molecule has 0 amide bonds. The Labute approximate surface area is 150 Å². The summed E-state index contributed by atoms with van der Waals surface area (Å²) in [5.41, 5.74) is 0.0731. The van der Waals surface area contributed by atoms with Crippen molar-refractivity contribution in [2.24, 2.45) is 11.8 Å². The second kappa shape index (κ2) is 8.78. The molecule has 6 nitrogen and oxygen atoms in total. The molecule has 2 unspecified atom stereocenters. The van der Waals surface area contributed by atoms with Gasteiger partial charge in [-0.3, -0.25) is 0 Å². The van der Waals surface area contributed by atoms with E-state index in [1.54, 1.807) is 0 Å². The van der Waals surface area contributed by atoms with Crippen LogP contribution in [0.4, 0.5) is 0 Å². The maximum atomic E-state index is 12.2. The molecule has 0 spiro atoms. The van der Waals surface area contributed by atoms with Crippen molar-refractivity contribution in [1.29, 1.82) is 0 Å². The van der Waals surface area contributed by atoms with Crippen LogP contribution in [-0.2, 0) is 10.0 Å². The minimum Gasteiger partial charge on any atom is -0.478 e. The number of piperidine rings is 1. The number of sulfonamides is 1. The van der Waals surface area contributed by atoms with E-state index in [9.17, 15) is 13.2 Å². The number of benzene rings is 1. The monoisotopic (exact) mass is 368 g/mol. The Morgan fingerprint density at radius 3 is 2.32 bits per heavy atom. The SMILES string of the molecule is CC1CC(C)CN(CCCCNS(=O)(=O)c2ccc(C(=O)O)cc2)C1. The normalized spacial score (nSPS) is 22.0. The Kier molecular flexibility index (Phi) is 6.98. The molecular formula is C18H28N2O4S. The van der Waals surface area contributed by atoms with Crippen molar-refractivity contribution in [2.75, 3.05) is 26.2 Å². The second-order valence-electron chi connectivity index (χ2n) is 7.14. The first-order valence-electron chi connectivity index (χ1n) is 8.83. The van der Waals surface area contributed by atoms with Crippen LogP contribution in [0, 0.1) is 11.8 Å². The zero-order chi connectivity index (χ0) is 18.4. The number of carboxylic acids is 1. The number of aromatic carboxylic acids is 1. The van der Waals surface area contributed by atoms with Crippen LogP contribution in [0.5, 0.6) is 0 Å². The third-order valence-electron chi connectivity index (χ3n) is 4.55. The summed E-state index contributed by atoms with van der Waals surface area (Å²) < 4.78 is 27.0. The van der Waals surface area contributed by atoms with E-state index < -0.39 is 16.0 Å². The molecule has 7 heteroatoms. The van der Waals surface area contributed by atoms with Gasteiger partial charge in [-0.15, -0.1) is 0 Å². The minimum absolute atomic E-state index is 0.0731. The summed E-state index contributed by atoms with van der Waals surface area (Å²) in [5, 5.41) is 8.85. The lowest BCUT2D eigenvalue weighted by Crippen LogP contribution is -2.39. The number of nitrogens with one attached hydrogen (secondary N) is 1. The maximum absolute atomic E-state index is 12.2. The molecule has 1 aromatic rings. The summed E-state index contributed by atoms with van der Waals surface area (Å²) in [6, 6.07) is 5.25. The summed E-state index contributed by atoms with van der Waals surface area (Å²) >= 11 is 0.